The van der Waals surface area contributed by atoms with Crippen molar-refractivity contribution in [2.45, 2.75) is 4.90 Å². The molecular formula is C14H9ClFN3O3S. The molecule has 1 amide bonds. The van der Waals surface area contributed by atoms with Crippen molar-refractivity contribution in [3.05, 3.63) is 59.0 Å². The first kappa shape index (κ1) is 15.4. The third-order valence-corrected chi connectivity index (χ3v) is 4.73. The molecule has 0 atom stereocenters. The van der Waals surface area contributed by atoms with Gasteiger partial charge in [-0.05, 0) is 24.3 Å². The predicted molar refractivity (Wildman–Crippen MR) is 82.2 cm³/mol. The van der Waals surface area contributed by atoms with Crippen molar-refractivity contribution in [1.82, 2.24) is 14.9 Å². The van der Waals surface area contributed by atoms with Crippen LogP contribution in [0.3, 0.4) is 0 Å². The molecule has 1 aromatic heterocycles. The minimum Gasteiger partial charge on any atom is -0.277 e. The first-order valence-corrected chi connectivity index (χ1v) is 8.19. The van der Waals surface area contributed by atoms with E-state index in [9.17, 15) is 17.6 Å². The Bertz CT molecular complexity index is 1020. The fourth-order valence-electron chi connectivity index (χ4n) is 2.08. The summed E-state index contributed by atoms with van der Waals surface area (Å²) in [5.74, 6) is -1.94. The molecular weight excluding hydrogens is 345 g/mol. The van der Waals surface area contributed by atoms with Crippen LogP contribution in [0.4, 0.5) is 4.39 Å². The average Bonchev–Trinajstić information content (AvgIpc) is 2.94. The summed E-state index contributed by atoms with van der Waals surface area (Å²) in [5.41, 5.74) is 0.467. The van der Waals surface area contributed by atoms with Gasteiger partial charge >= 0.3 is 0 Å². The molecule has 0 aliphatic rings. The summed E-state index contributed by atoms with van der Waals surface area (Å²) in [4.78, 5) is 11.6. The van der Waals surface area contributed by atoms with Crippen LogP contribution in [0.25, 0.3) is 10.9 Å². The molecule has 0 spiro atoms. The van der Waals surface area contributed by atoms with E-state index in [1.54, 1.807) is 12.1 Å². The van der Waals surface area contributed by atoms with E-state index in [1.165, 1.54) is 18.3 Å². The summed E-state index contributed by atoms with van der Waals surface area (Å²) < 4.78 is 40.0. The van der Waals surface area contributed by atoms with Crippen molar-refractivity contribution in [2.75, 3.05) is 0 Å². The van der Waals surface area contributed by atoms with Crippen molar-refractivity contribution in [3.8, 4) is 0 Å². The van der Waals surface area contributed by atoms with Gasteiger partial charge in [-0.1, -0.05) is 23.7 Å². The van der Waals surface area contributed by atoms with Gasteiger partial charge in [-0.15, -0.1) is 0 Å². The zero-order valence-electron chi connectivity index (χ0n) is 11.4. The zero-order valence-corrected chi connectivity index (χ0v) is 13.0. The van der Waals surface area contributed by atoms with Gasteiger partial charge in [0.25, 0.3) is 15.9 Å². The number of H-pyrrole nitrogens is 1. The highest BCUT2D eigenvalue weighted by atomic mass is 35.5. The number of carbonyl (C=O) groups is 1. The number of aromatic amines is 1. The maximum absolute atomic E-state index is 13.8. The Hall–Kier alpha value is -2.45. The van der Waals surface area contributed by atoms with Crippen LogP contribution in [0.2, 0.25) is 5.02 Å². The molecule has 0 fully saturated rings. The topological polar surface area (TPSA) is 91.9 Å². The van der Waals surface area contributed by atoms with Crippen LogP contribution in [0, 0.1) is 5.82 Å². The normalized spacial score (nSPS) is 11.6. The Labute approximate surface area is 135 Å². The zero-order chi connectivity index (χ0) is 16.6. The number of rotatable bonds is 3. The third-order valence-electron chi connectivity index (χ3n) is 3.13. The molecule has 0 radical (unpaired) electrons. The number of hydrogen-bond donors (Lipinski definition) is 2. The van der Waals surface area contributed by atoms with Crippen LogP contribution in [-0.2, 0) is 10.0 Å². The van der Waals surface area contributed by atoms with E-state index in [1.807, 2.05) is 4.72 Å². The standard InChI is InChI=1S/C14H9ClFN3O3S/c15-9-4-5-12(11(16)6-9)23(21,22)19-14(20)10-3-1-2-8-7-17-18-13(8)10/h1-7H,(H,17,18)(H,19,20). The molecule has 0 unspecified atom stereocenters. The van der Waals surface area contributed by atoms with Crippen molar-refractivity contribution in [3.63, 3.8) is 0 Å². The number of para-hydroxylation sites is 1. The van der Waals surface area contributed by atoms with E-state index in [0.29, 0.717) is 10.9 Å². The molecule has 0 saturated heterocycles. The molecule has 0 saturated carbocycles. The smallest absolute Gasteiger partial charge is 0.267 e. The second-order valence-corrected chi connectivity index (χ2v) is 6.74. The predicted octanol–water partition coefficient (Wildman–Crippen LogP) is 2.47. The number of aromatic nitrogens is 2. The first-order valence-electron chi connectivity index (χ1n) is 6.33. The van der Waals surface area contributed by atoms with Crippen LogP contribution in [-0.4, -0.2) is 24.5 Å². The van der Waals surface area contributed by atoms with Crippen LogP contribution in [0.15, 0.2) is 47.5 Å². The van der Waals surface area contributed by atoms with Gasteiger partial charge in [0.15, 0.2) is 0 Å². The molecule has 0 aliphatic heterocycles. The van der Waals surface area contributed by atoms with Crippen LogP contribution >= 0.6 is 11.6 Å². The van der Waals surface area contributed by atoms with E-state index < -0.39 is 26.6 Å². The van der Waals surface area contributed by atoms with Gasteiger partial charge in [-0.25, -0.2) is 17.5 Å². The minimum atomic E-state index is -4.37. The van der Waals surface area contributed by atoms with E-state index >= 15 is 0 Å². The van der Waals surface area contributed by atoms with Crippen molar-refractivity contribution < 1.29 is 17.6 Å². The lowest BCUT2D eigenvalue weighted by Gasteiger charge is -2.08. The largest absolute Gasteiger partial charge is 0.277 e. The molecule has 3 aromatic rings. The molecule has 2 aromatic carbocycles. The summed E-state index contributed by atoms with van der Waals surface area (Å²) in [6.45, 7) is 0. The van der Waals surface area contributed by atoms with Crippen LogP contribution in [0.1, 0.15) is 10.4 Å². The SMILES string of the molecule is O=C(NS(=O)(=O)c1ccc(Cl)cc1F)c1cccc2cn[nH]c12. The summed E-state index contributed by atoms with van der Waals surface area (Å²) in [6.07, 6.45) is 1.50. The van der Waals surface area contributed by atoms with Crippen molar-refractivity contribution in [1.29, 1.82) is 0 Å². The molecule has 23 heavy (non-hydrogen) atoms. The molecule has 9 heteroatoms. The van der Waals surface area contributed by atoms with E-state index in [-0.39, 0.29) is 10.6 Å². The minimum absolute atomic E-state index is 0.0509. The Kier molecular flexibility index (Phi) is 3.78. The van der Waals surface area contributed by atoms with Crippen LogP contribution < -0.4 is 4.72 Å². The fourth-order valence-corrected chi connectivity index (χ4v) is 3.27. The molecule has 0 bridgehead atoms. The average molecular weight is 354 g/mol. The molecule has 6 nitrogen and oxygen atoms in total. The highest BCUT2D eigenvalue weighted by molar-refractivity contribution is 7.90. The van der Waals surface area contributed by atoms with Crippen molar-refractivity contribution >= 4 is 38.4 Å². The second kappa shape index (κ2) is 5.64. The Morgan fingerprint density at radius 1 is 1.26 bits per heavy atom. The number of halogens is 2. The Morgan fingerprint density at radius 3 is 2.78 bits per heavy atom. The number of nitrogens with one attached hydrogen (secondary N) is 2. The van der Waals surface area contributed by atoms with Gasteiger partial charge in [0, 0.05) is 10.4 Å². The number of carbonyl (C=O) groups excluding carboxylic acids is 1. The Balaban J connectivity index is 1.97. The monoisotopic (exact) mass is 353 g/mol. The van der Waals surface area contributed by atoms with Gasteiger partial charge in [0.05, 0.1) is 17.3 Å². The molecule has 1 heterocycles. The van der Waals surface area contributed by atoms with Gasteiger partial charge in [-0.2, -0.15) is 5.10 Å². The van der Waals surface area contributed by atoms with Gasteiger partial charge in [0.2, 0.25) is 0 Å². The van der Waals surface area contributed by atoms with Crippen molar-refractivity contribution in [2.24, 2.45) is 0 Å². The summed E-state index contributed by atoms with van der Waals surface area (Å²) in [5, 5.41) is 7.11. The molecule has 0 aliphatic carbocycles. The van der Waals surface area contributed by atoms with Gasteiger partial charge in [-0.3, -0.25) is 9.89 Å². The summed E-state index contributed by atoms with van der Waals surface area (Å²) in [7, 11) is -4.37. The van der Waals surface area contributed by atoms with Gasteiger partial charge < -0.3 is 0 Å². The van der Waals surface area contributed by atoms with E-state index in [0.717, 1.165) is 12.1 Å². The van der Waals surface area contributed by atoms with E-state index in [4.69, 9.17) is 11.6 Å². The number of sulfonamides is 1. The number of amides is 1. The summed E-state index contributed by atoms with van der Waals surface area (Å²) >= 11 is 5.59. The maximum atomic E-state index is 13.8. The highest BCUT2D eigenvalue weighted by Crippen LogP contribution is 2.20. The second-order valence-electron chi connectivity index (χ2n) is 4.65. The third kappa shape index (κ3) is 2.90. The maximum Gasteiger partial charge on any atom is 0.267 e. The molecule has 2 N–H and O–H groups in total. The van der Waals surface area contributed by atoms with Gasteiger partial charge in [0.1, 0.15) is 10.7 Å². The quantitative estimate of drug-likeness (QED) is 0.756. The molecule has 118 valence electrons. The van der Waals surface area contributed by atoms with Crippen LogP contribution in [0.5, 0.6) is 0 Å². The number of hydrogen-bond acceptors (Lipinski definition) is 4. The number of fused-ring (bicyclic) bond motifs is 1. The van der Waals surface area contributed by atoms with E-state index in [2.05, 4.69) is 10.2 Å². The highest BCUT2D eigenvalue weighted by Gasteiger charge is 2.23. The lowest BCUT2D eigenvalue weighted by Crippen LogP contribution is -2.31. The lowest BCUT2D eigenvalue weighted by molar-refractivity contribution is 0.0983. The fraction of sp³-hybridized carbons (Fsp3) is 0. The lowest BCUT2D eigenvalue weighted by atomic mass is 10.1. The first-order chi connectivity index (χ1) is 10.9. The number of benzene rings is 2. The Morgan fingerprint density at radius 2 is 2.04 bits per heavy atom. The summed E-state index contributed by atoms with van der Waals surface area (Å²) in [6, 6.07) is 7.80. The molecule has 3 rings (SSSR count). The number of nitrogens with zero attached hydrogens (tertiary/aromatic N) is 1.